The van der Waals surface area contributed by atoms with Crippen LogP contribution < -0.4 is 10.2 Å². The molecule has 0 bridgehead atoms. The van der Waals surface area contributed by atoms with Crippen LogP contribution in [0, 0.1) is 5.41 Å². The Hall–Kier alpha value is -3.46. The monoisotopic (exact) mass is 504 g/mol. The number of likely N-dealkylation sites (tertiary alicyclic amines) is 2. The number of hydrogen-bond donors (Lipinski definition) is 1. The molecule has 1 unspecified atom stereocenters. The van der Waals surface area contributed by atoms with Gasteiger partial charge in [-0.25, -0.2) is 9.78 Å². The summed E-state index contributed by atoms with van der Waals surface area (Å²) < 4.78 is 5.23. The van der Waals surface area contributed by atoms with E-state index in [1.807, 2.05) is 18.7 Å². The molecule has 37 heavy (non-hydrogen) atoms. The van der Waals surface area contributed by atoms with Crippen LogP contribution in [-0.2, 0) is 22.7 Å². The highest BCUT2D eigenvalue weighted by Gasteiger charge is 2.44. The van der Waals surface area contributed by atoms with Crippen LogP contribution in [0.1, 0.15) is 56.3 Å². The molecule has 1 spiro atoms. The van der Waals surface area contributed by atoms with Crippen LogP contribution in [0.25, 0.3) is 0 Å². The van der Waals surface area contributed by atoms with Crippen molar-refractivity contribution in [1.29, 1.82) is 0 Å². The molecule has 1 N–H and O–H groups in total. The molecule has 2 fully saturated rings. The second-order valence-corrected chi connectivity index (χ2v) is 10.8. The molecular weight excluding hydrogens is 468 g/mol. The topological polar surface area (TPSA) is 90.9 Å². The lowest BCUT2D eigenvalue weighted by molar-refractivity contribution is -0.131. The first kappa shape index (κ1) is 25.2. The second kappa shape index (κ2) is 10.1. The molecular formula is C28H36N6O3. The SMILES string of the molecule is C=CC(=O)N1CCC2(CC1)CN(Cc1ccc(C(C)Nc3ncc4c(n3)N(C(C)C)C(=O)OC4)cc1)C2. The van der Waals surface area contributed by atoms with E-state index in [1.54, 1.807) is 11.1 Å². The van der Waals surface area contributed by atoms with Crippen molar-refractivity contribution in [3.63, 3.8) is 0 Å². The van der Waals surface area contributed by atoms with Gasteiger partial charge in [-0.1, -0.05) is 30.8 Å². The zero-order valence-corrected chi connectivity index (χ0v) is 21.9. The first-order valence-electron chi connectivity index (χ1n) is 13.1. The molecule has 1 aromatic heterocycles. The number of fused-ring (bicyclic) bond motifs is 1. The van der Waals surface area contributed by atoms with Crippen molar-refractivity contribution in [3.8, 4) is 0 Å². The van der Waals surface area contributed by atoms with Crippen LogP contribution in [0.2, 0.25) is 0 Å². The smallest absolute Gasteiger partial charge is 0.416 e. The Morgan fingerprint density at radius 1 is 1.19 bits per heavy atom. The Kier molecular flexibility index (Phi) is 6.90. The average Bonchev–Trinajstić information content (AvgIpc) is 2.87. The zero-order chi connectivity index (χ0) is 26.2. The van der Waals surface area contributed by atoms with Gasteiger partial charge in [0, 0.05) is 45.0 Å². The third-order valence-electron chi connectivity index (χ3n) is 7.79. The number of anilines is 2. The molecule has 5 rings (SSSR count). The van der Waals surface area contributed by atoms with Gasteiger partial charge in [-0.15, -0.1) is 0 Å². The number of aromatic nitrogens is 2. The van der Waals surface area contributed by atoms with Gasteiger partial charge in [0.2, 0.25) is 11.9 Å². The summed E-state index contributed by atoms with van der Waals surface area (Å²) >= 11 is 0. The molecule has 0 radical (unpaired) electrons. The van der Waals surface area contributed by atoms with Crippen LogP contribution in [0.15, 0.2) is 43.1 Å². The summed E-state index contributed by atoms with van der Waals surface area (Å²) in [4.78, 5) is 39.1. The first-order chi connectivity index (χ1) is 17.8. The van der Waals surface area contributed by atoms with E-state index < -0.39 is 0 Å². The van der Waals surface area contributed by atoms with Crippen LogP contribution in [-0.4, -0.2) is 64.0 Å². The number of cyclic esters (lactones) is 1. The van der Waals surface area contributed by atoms with E-state index in [4.69, 9.17) is 4.74 Å². The molecule has 9 nitrogen and oxygen atoms in total. The van der Waals surface area contributed by atoms with Crippen molar-refractivity contribution >= 4 is 23.8 Å². The van der Waals surface area contributed by atoms with Gasteiger partial charge in [-0.2, -0.15) is 4.98 Å². The van der Waals surface area contributed by atoms with E-state index in [-0.39, 0.29) is 30.7 Å². The van der Waals surface area contributed by atoms with E-state index >= 15 is 0 Å². The van der Waals surface area contributed by atoms with E-state index in [0.29, 0.717) is 17.2 Å². The van der Waals surface area contributed by atoms with Crippen LogP contribution >= 0.6 is 0 Å². The van der Waals surface area contributed by atoms with Crippen LogP contribution in [0.5, 0.6) is 0 Å². The number of piperidine rings is 1. The summed E-state index contributed by atoms with van der Waals surface area (Å²) in [7, 11) is 0. The van der Waals surface area contributed by atoms with Crippen LogP contribution in [0.4, 0.5) is 16.6 Å². The molecule has 196 valence electrons. The Labute approximate surface area is 218 Å². The van der Waals surface area contributed by atoms with E-state index in [2.05, 4.69) is 58.0 Å². The second-order valence-electron chi connectivity index (χ2n) is 10.8. The van der Waals surface area contributed by atoms with Gasteiger partial charge in [-0.05, 0) is 56.2 Å². The maximum Gasteiger partial charge on any atom is 0.416 e. The van der Waals surface area contributed by atoms with Crippen molar-refractivity contribution in [3.05, 3.63) is 59.8 Å². The van der Waals surface area contributed by atoms with Gasteiger partial charge in [0.15, 0.2) is 0 Å². The molecule has 1 aromatic carbocycles. The van der Waals surface area contributed by atoms with Crippen molar-refractivity contribution in [1.82, 2.24) is 19.8 Å². The molecule has 3 aliphatic heterocycles. The fraction of sp³-hybridized carbons (Fsp3) is 0.500. The maximum atomic E-state index is 12.2. The molecule has 4 heterocycles. The maximum absolute atomic E-state index is 12.2. The normalized spacial score (nSPS) is 19.7. The fourth-order valence-electron chi connectivity index (χ4n) is 5.64. The van der Waals surface area contributed by atoms with Gasteiger partial charge in [0.05, 0.1) is 11.6 Å². The summed E-state index contributed by atoms with van der Waals surface area (Å²) in [6.07, 6.45) is 4.92. The third-order valence-corrected chi connectivity index (χ3v) is 7.79. The van der Waals surface area contributed by atoms with E-state index in [1.165, 1.54) is 11.6 Å². The molecule has 2 aromatic rings. The lowest BCUT2D eigenvalue weighted by Crippen LogP contribution is -2.60. The molecule has 3 aliphatic rings. The number of nitrogens with one attached hydrogen (secondary N) is 1. The summed E-state index contributed by atoms with van der Waals surface area (Å²) in [5.74, 6) is 1.15. The lowest BCUT2D eigenvalue weighted by atomic mass is 9.72. The Morgan fingerprint density at radius 2 is 1.89 bits per heavy atom. The van der Waals surface area contributed by atoms with Gasteiger partial charge >= 0.3 is 6.09 Å². The lowest BCUT2D eigenvalue weighted by Gasteiger charge is -2.54. The number of benzene rings is 1. The highest BCUT2D eigenvalue weighted by molar-refractivity contribution is 5.89. The van der Waals surface area contributed by atoms with Crippen molar-refractivity contribution < 1.29 is 14.3 Å². The summed E-state index contributed by atoms with van der Waals surface area (Å²) in [6.45, 7) is 14.6. The molecule has 0 aliphatic carbocycles. The predicted octanol–water partition coefficient (Wildman–Crippen LogP) is 4.13. The minimum absolute atomic E-state index is 0.00545. The van der Waals surface area contributed by atoms with Gasteiger partial charge < -0.3 is 15.0 Å². The van der Waals surface area contributed by atoms with E-state index in [9.17, 15) is 9.59 Å². The van der Waals surface area contributed by atoms with Gasteiger partial charge in [0.1, 0.15) is 12.4 Å². The highest BCUT2D eigenvalue weighted by atomic mass is 16.6. The largest absolute Gasteiger partial charge is 0.444 e. The number of rotatable bonds is 7. The molecule has 1 atom stereocenters. The Morgan fingerprint density at radius 3 is 2.54 bits per heavy atom. The Balaban J connectivity index is 1.15. The quantitative estimate of drug-likeness (QED) is 0.567. The molecule has 9 heteroatoms. The number of ether oxygens (including phenoxy) is 1. The van der Waals surface area contributed by atoms with E-state index in [0.717, 1.165) is 56.7 Å². The van der Waals surface area contributed by atoms with Crippen LogP contribution in [0.3, 0.4) is 0 Å². The van der Waals surface area contributed by atoms with Crippen molar-refractivity contribution in [2.45, 2.75) is 58.8 Å². The number of hydrogen-bond acceptors (Lipinski definition) is 7. The minimum atomic E-state index is -0.378. The highest BCUT2D eigenvalue weighted by Crippen LogP contribution is 2.41. The predicted molar refractivity (Wildman–Crippen MR) is 142 cm³/mol. The zero-order valence-electron chi connectivity index (χ0n) is 21.9. The standard InChI is InChI=1S/C28H36N6O3/c1-5-24(35)33-12-10-28(11-13-33)17-32(18-28)15-21-6-8-22(9-7-21)20(4)30-26-29-14-23-16-37-27(36)34(19(2)3)25(23)31-26/h5-9,14,19-20H,1,10-13,15-18H2,2-4H3,(H,29,30,31). The minimum Gasteiger partial charge on any atom is -0.444 e. The van der Waals surface area contributed by atoms with Crippen molar-refractivity contribution in [2.24, 2.45) is 5.41 Å². The average molecular weight is 505 g/mol. The van der Waals surface area contributed by atoms with Crippen molar-refractivity contribution in [2.75, 3.05) is 36.4 Å². The fourth-order valence-corrected chi connectivity index (χ4v) is 5.64. The first-order valence-corrected chi connectivity index (χ1v) is 13.1. The number of nitrogens with zero attached hydrogens (tertiary/aromatic N) is 5. The molecule has 2 amide bonds. The number of amides is 2. The van der Waals surface area contributed by atoms with Gasteiger partial charge in [-0.3, -0.25) is 14.6 Å². The third kappa shape index (κ3) is 5.18. The molecule has 0 saturated carbocycles. The number of carbonyl (C=O) groups excluding carboxylic acids is 2. The summed E-state index contributed by atoms with van der Waals surface area (Å²) in [6, 6.07) is 8.62. The summed E-state index contributed by atoms with van der Waals surface area (Å²) in [5.41, 5.74) is 3.61. The molecule has 2 saturated heterocycles. The van der Waals surface area contributed by atoms with Gasteiger partial charge in [0.25, 0.3) is 0 Å². The number of carbonyl (C=O) groups is 2. The Bertz CT molecular complexity index is 1160. The summed E-state index contributed by atoms with van der Waals surface area (Å²) in [5, 5.41) is 3.37.